The molecule has 3 aromatic rings. The molecule has 1 N–H and O–H groups in total. The van der Waals surface area contributed by atoms with Crippen molar-refractivity contribution in [3.05, 3.63) is 59.4 Å². The van der Waals surface area contributed by atoms with Crippen LogP contribution in [0.3, 0.4) is 0 Å². The number of fused-ring (bicyclic) bond motifs is 1. The number of imidazole rings is 1. The van der Waals surface area contributed by atoms with E-state index >= 15 is 0 Å². The number of ether oxygens (including phenoxy) is 1. The Hall–Kier alpha value is -2.82. The lowest BCUT2D eigenvalue weighted by atomic mass is 10.1. The van der Waals surface area contributed by atoms with Crippen LogP contribution in [-0.4, -0.2) is 28.6 Å². The summed E-state index contributed by atoms with van der Waals surface area (Å²) in [6.07, 6.45) is 6.21. The van der Waals surface area contributed by atoms with Crippen LogP contribution in [0.15, 0.2) is 42.5 Å². The van der Waals surface area contributed by atoms with Crippen molar-refractivity contribution in [2.24, 2.45) is 0 Å². The van der Waals surface area contributed by atoms with Crippen LogP contribution in [0.25, 0.3) is 11.0 Å². The minimum Gasteiger partial charge on any atom is -0.494 e. The van der Waals surface area contributed by atoms with Gasteiger partial charge < -0.3 is 14.6 Å². The molecule has 31 heavy (non-hydrogen) atoms. The number of hydrogen-bond acceptors (Lipinski definition) is 3. The molecule has 1 heterocycles. The summed E-state index contributed by atoms with van der Waals surface area (Å²) in [5, 5.41) is 2.86. The minimum atomic E-state index is 0.0447. The Labute approximate surface area is 185 Å². The van der Waals surface area contributed by atoms with Crippen molar-refractivity contribution < 1.29 is 9.53 Å². The molecule has 5 heteroatoms. The lowest BCUT2D eigenvalue weighted by molar-refractivity contribution is -0.118. The average Bonchev–Trinajstić information content (AvgIpc) is 3.10. The highest BCUT2D eigenvalue weighted by atomic mass is 16.5. The molecule has 2 aromatic carbocycles. The third-order valence-corrected chi connectivity index (χ3v) is 5.71. The van der Waals surface area contributed by atoms with Crippen LogP contribution in [-0.2, 0) is 17.8 Å². The minimum absolute atomic E-state index is 0.0447. The fourth-order valence-corrected chi connectivity index (χ4v) is 3.78. The van der Waals surface area contributed by atoms with E-state index in [1.165, 1.54) is 16.6 Å². The lowest BCUT2D eigenvalue weighted by Gasteiger charge is -2.11. The van der Waals surface area contributed by atoms with Crippen LogP contribution in [0.2, 0.25) is 0 Å². The largest absolute Gasteiger partial charge is 0.494 e. The van der Waals surface area contributed by atoms with Gasteiger partial charge in [0.25, 0.3) is 0 Å². The van der Waals surface area contributed by atoms with Crippen molar-refractivity contribution in [3.8, 4) is 5.75 Å². The van der Waals surface area contributed by atoms with E-state index in [1.807, 2.05) is 6.07 Å². The summed E-state index contributed by atoms with van der Waals surface area (Å²) in [5.41, 5.74) is 4.85. The summed E-state index contributed by atoms with van der Waals surface area (Å²) in [5.74, 6) is 2.16. The molecule has 0 aliphatic heterocycles. The van der Waals surface area contributed by atoms with E-state index in [2.05, 4.69) is 60.1 Å². The van der Waals surface area contributed by atoms with Crippen LogP contribution in [0, 0.1) is 13.8 Å². The van der Waals surface area contributed by atoms with Crippen molar-refractivity contribution in [2.45, 2.75) is 65.8 Å². The van der Waals surface area contributed by atoms with Gasteiger partial charge in [-0.25, -0.2) is 4.98 Å². The zero-order valence-corrected chi connectivity index (χ0v) is 19.1. The molecular weight excluding hydrogens is 386 g/mol. The zero-order chi connectivity index (χ0) is 22.1. The number of rotatable bonds is 12. The van der Waals surface area contributed by atoms with Gasteiger partial charge in [0, 0.05) is 26.4 Å². The molecule has 0 saturated heterocycles. The van der Waals surface area contributed by atoms with Crippen LogP contribution in [0.1, 0.15) is 56.0 Å². The van der Waals surface area contributed by atoms with Gasteiger partial charge in [0.05, 0.1) is 17.6 Å². The molecular formula is C26H35N3O2. The van der Waals surface area contributed by atoms with Crippen molar-refractivity contribution in [3.63, 3.8) is 0 Å². The zero-order valence-electron chi connectivity index (χ0n) is 19.1. The molecule has 1 amide bonds. The molecule has 5 nitrogen and oxygen atoms in total. The number of benzene rings is 2. The molecule has 0 aliphatic rings. The fraction of sp³-hybridized carbons (Fsp3) is 0.462. The predicted molar refractivity (Wildman–Crippen MR) is 127 cm³/mol. The van der Waals surface area contributed by atoms with Gasteiger partial charge in [-0.2, -0.15) is 0 Å². The molecule has 0 fully saturated rings. The molecule has 166 valence electrons. The Morgan fingerprint density at radius 1 is 1.00 bits per heavy atom. The number of hydrogen-bond donors (Lipinski definition) is 1. The van der Waals surface area contributed by atoms with Gasteiger partial charge in [0.1, 0.15) is 11.6 Å². The van der Waals surface area contributed by atoms with E-state index in [0.29, 0.717) is 0 Å². The molecule has 0 radical (unpaired) electrons. The number of carbonyl (C=O) groups excluding carboxylic acids is 1. The van der Waals surface area contributed by atoms with Crippen LogP contribution >= 0.6 is 0 Å². The number of carbonyl (C=O) groups is 1. The number of aryl methyl sites for hydroxylation is 4. The number of unbranched alkanes of at least 4 members (excludes halogenated alkanes) is 3. The topological polar surface area (TPSA) is 56.2 Å². The van der Waals surface area contributed by atoms with Gasteiger partial charge in [-0.3, -0.25) is 4.79 Å². The van der Waals surface area contributed by atoms with Crippen LogP contribution < -0.4 is 10.1 Å². The Bertz CT molecular complexity index is 993. The van der Waals surface area contributed by atoms with Crippen molar-refractivity contribution in [2.75, 3.05) is 13.2 Å². The van der Waals surface area contributed by atoms with Gasteiger partial charge in [-0.05, 0) is 74.9 Å². The van der Waals surface area contributed by atoms with Gasteiger partial charge in [0.2, 0.25) is 5.91 Å². The number of nitrogens with one attached hydrogen (secondary N) is 1. The summed E-state index contributed by atoms with van der Waals surface area (Å²) in [7, 11) is 0. The maximum atomic E-state index is 11.0. The molecule has 1 aromatic heterocycles. The highest BCUT2D eigenvalue weighted by Crippen LogP contribution is 2.20. The highest BCUT2D eigenvalue weighted by molar-refractivity contribution is 5.75. The van der Waals surface area contributed by atoms with E-state index in [1.54, 1.807) is 6.92 Å². The van der Waals surface area contributed by atoms with E-state index < -0.39 is 0 Å². The molecule has 0 atom stereocenters. The second-order valence-corrected chi connectivity index (χ2v) is 8.26. The maximum Gasteiger partial charge on any atom is 0.216 e. The van der Waals surface area contributed by atoms with Gasteiger partial charge in [-0.15, -0.1) is 0 Å². The first-order valence-electron chi connectivity index (χ1n) is 11.4. The maximum absolute atomic E-state index is 11.0. The SMILES string of the molecule is CC(=O)NCCCCCc1nc2ccccc2n1CCCCOc1ccc(C)c(C)c1. The highest BCUT2D eigenvalue weighted by Gasteiger charge is 2.10. The summed E-state index contributed by atoms with van der Waals surface area (Å²) < 4.78 is 8.32. The van der Waals surface area contributed by atoms with Crippen LogP contribution in [0.4, 0.5) is 0 Å². The average molecular weight is 422 g/mol. The summed E-state index contributed by atoms with van der Waals surface area (Å²) >= 11 is 0. The van der Waals surface area contributed by atoms with Gasteiger partial charge in [-0.1, -0.05) is 24.6 Å². The second kappa shape index (κ2) is 11.5. The first-order chi connectivity index (χ1) is 15.0. The molecule has 3 rings (SSSR count). The molecule has 0 aliphatic carbocycles. The van der Waals surface area contributed by atoms with E-state index in [9.17, 15) is 4.79 Å². The second-order valence-electron chi connectivity index (χ2n) is 8.26. The fourth-order valence-electron chi connectivity index (χ4n) is 3.78. The van der Waals surface area contributed by atoms with Crippen LogP contribution in [0.5, 0.6) is 5.75 Å². The Kier molecular flexibility index (Phi) is 8.51. The van der Waals surface area contributed by atoms with Crippen molar-refractivity contribution in [1.82, 2.24) is 14.9 Å². The van der Waals surface area contributed by atoms with E-state index in [0.717, 1.165) is 75.3 Å². The molecule has 0 saturated carbocycles. The first-order valence-corrected chi connectivity index (χ1v) is 11.4. The van der Waals surface area contributed by atoms with Gasteiger partial charge >= 0.3 is 0 Å². The number of para-hydroxylation sites is 2. The molecule has 0 unspecified atom stereocenters. The quantitative estimate of drug-likeness (QED) is 0.401. The third-order valence-electron chi connectivity index (χ3n) is 5.71. The van der Waals surface area contributed by atoms with Gasteiger partial charge in [0.15, 0.2) is 0 Å². The monoisotopic (exact) mass is 421 g/mol. The smallest absolute Gasteiger partial charge is 0.216 e. The summed E-state index contributed by atoms with van der Waals surface area (Å²) in [6, 6.07) is 14.7. The number of aromatic nitrogens is 2. The first kappa shape index (κ1) is 22.9. The Morgan fingerprint density at radius 2 is 1.84 bits per heavy atom. The van der Waals surface area contributed by atoms with Crippen molar-refractivity contribution >= 4 is 16.9 Å². The molecule has 0 bridgehead atoms. The number of amides is 1. The number of nitrogens with zero attached hydrogens (tertiary/aromatic N) is 2. The Balaban J connectivity index is 1.49. The normalized spacial score (nSPS) is 11.1. The lowest BCUT2D eigenvalue weighted by Crippen LogP contribution is -2.20. The third kappa shape index (κ3) is 6.84. The predicted octanol–water partition coefficient (Wildman–Crippen LogP) is 5.36. The van der Waals surface area contributed by atoms with E-state index in [-0.39, 0.29) is 5.91 Å². The summed E-state index contributed by atoms with van der Waals surface area (Å²) in [6.45, 7) is 8.25. The standard InChI is InChI=1S/C26H35N3O2/c1-20-14-15-23(19-21(20)2)31-18-10-9-17-29-25-12-7-6-11-24(25)28-26(29)13-5-4-8-16-27-22(3)30/h6-7,11-12,14-15,19H,4-5,8-10,13,16-18H2,1-3H3,(H,27,30). The van der Waals surface area contributed by atoms with E-state index in [4.69, 9.17) is 9.72 Å². The Morgan fingerprint density at radius 3 is 2.65 bits per heavy atom. The summed E-state index contributed by atoms with van der Waals surface area (Å²) in [4.78, 5) is 15.8. The molecule has 0 spiro atoms. The van der Waals surface area contributed by atoms with Crippen molar-refractivity contribution in [1.29, 1.82) is 0 Å².